The van der Waals surface area contributed by atoms with Crippen molar-refractivity contribution in [3.05, 3.63) is 0 Å². The smallest absolute Gasteiger partial charge is 0.00474 e. The van der Waals surface area contributed by atoms with Crippen LogP contribution in [0.3, 0.4) is 0 Å². The second kappa shape index (κ2) is 9.76. The number of hydrogen-bond acceptors (Lipinski definition) is 3. The van der Waals surface area contributed by atoms with Crippen LogP contribution in [-0.2, 0) is 0 Å². The van der Waals surface area contributed by atoms with Crippen LogP contribution in [0.25, 0.3) is 0 Å². The highest BCUT2D eigenvalue weighted by molar-refractivity contribution is 4.80. The Labute approximate surface area is 115 Å². The zero-order chi connectivity index (χ0) is 14.0. The zero-order valence-corrected chi connectivity index (χ0v) is 13.6. The van der Waals surface area contributed by atoms with Crippen LogP contribution in [0.5, 0.6) is 0 Å². The average Bonchev–Trinajstić information content (AvgIpc) is 2.27. The highest BCUT2D eigenvalue weighted by Crippen LogP contribution is 2.23. The van der Waals surface area contributed by atoms with Gasteiger partial charge in [-0.25, -0.2) is 0 Å². The summed E-state index contributed by atoms with van der Waals surface area (Å²) in [5.41, 5.74) is 0.414. The minimum absolute atomic E-state index is 0.414. The minimum Gasteiger partial charge on any atom is -0.319 e. The van der Waals surface area contributed by atoms with E-state index in [4.69, 9.17) is 0 Å². The molecule has 0 aliphatic carbocycles. The molecule has 0 spiro atoms. The molecule has 0 aromatic rings. The van der Waals surface area contributed by atoms with Crippen LogP contribution in [0.4, 0.5) is 0 Å². The Morgan fingerprint density at radius 2 is 1.78 bits per heavy atom. The van der Waals surface area contributed by atoms with Gasteiger partial charge in [0.15, 0.2) is 0 Å². The van der Waals surface area contributed by atoms with Crippen molar-refractivity contribution in [2.75, 3.05) is 53.9 Å². The van der Waals surface area contributed by atoms with Crippen molar-refractivity contribution in [2.24, 2.45) is 5.41 Å². The standard InChI is InChI=1S/C15H35N3/c1-7-10-15(3,13-16-4)14-18(8-2)12-9-11-17(5)6/h16H,7-14H2,1-6H3. The summed E-state index contributed by atoms with van der Waals surface area (Å²) < 4.78 is 0. The van der Waals surface area contributed by atoms with Gasteiger partial charge in [0.05, 0.1) is 0 Å². The lowest BCUT2D eigenvalue weighted by Gasteiger charge is -2.35. The maximum absolute atomic E-state index is 3.36. The van der Waals surface area contributed by atoms with Gasteiger partial charge in [0.25, 0.3) is 0 Å². The van der Waals surface area contributed by atoms with E-state index in [0.717, 1.165) is 13.1 Å². The van der Waals surface area contributed by atoms with Crippen molar-refractivity contribution in [3.8, 4) is 0 Å². The van der Waals surface area contributed by atoms with Gasteiger partial charge < -0.3 is 15.1 Å². The third-order valence-corrected chi connectivity index (χ3v) is 3.59. The van der Waals surface area contributed by atoms with Crippen molar-refractivity contribution in [3.63, 3.8) is 0 Å². The highest BCUT2D eigenvalue weighted by atomic mass is 15.1. The molecule has 3 nitrogen and oxygen atoms in total. The van der Waals surface area contributed by atoms with Gasteiger partial charge in [-0.2, -0.15) is 0 Å². The number of nitrogens with zero attached hydrogens (tertiary/aromatic N) is 2. The molecule has 0 aliphatic heterocycles. The zero-order valence-electron chi connectivity index (χ0n) is 13.6. The molecule has 1 N–H and O–H groups in total. The summed E-state index contributed by atoms with van der Waals surface area (Å²) in [4.78, 5) is 4.88. The fourth-order valence-electron chi connectivity index (χ4n) is 2.75. The maximum atomic E-state index is 3.36. The van der Waals surface area contributed by atoms with Gasteiger partial charge in [-0.15, -0.1) is 0 Å². The van der Waals surface area contributed by atoms with Crippen LogP contribution in [0.2, 0.25) is 0 Å². The molecule has 3 heteroatoms. The normalized spacial score (nSPS) is 15.3. The van der Waals surface area contributed by atoms with Crippen molar-refractivity contribution in [1.82, 2.24) is 15.1 Å². The molecule has 0 saturated carbocycles. The molecule has 18 heavy (non-hydrogen) atoms. The van der Waals surface area contributed by atoms with E-state index in [1.165, 1.54) is 38.9 Å². The molecule has 1 unspecified atom stereocenters. The quantitative estimate of drug-likeness (QED) is 0.613. The first-order chi connectivity index (χ1) is 8.47. The maximum Gasteiger partial charge on any atom is 0.00474 e. The highest BCUT2D eigenvalue weighted by Gasteiger charge is 2.24. The largest absolute Gasteiger partial charge is 0.319 e. The Kier molecular flexibility index (Phi) is 9.70. The first-order valence-corrected chi connectivity index (χ1v) is 7.49. The summed E-state index contributed by atoms with van der Waals surface area (Å²) in [5.74, 6) is 0. The monoisotopic (exact) mass is 257 g/mol. The molecule has 0 radical (unpaired) electrons. The third kappa shape index (κ3) is 8.06. The Hall–Kier alpha value is -0.120. The molecule has 0 aromatic heterocycles. The van der Waals surface area contributed by atoms with Crippen molar-refractivity contribution in [1.29, 1.82) is 0 Å². The van der Waals surface area contributed by atoms with Gasteiger partial charge in [0.2, 0.25) is 0 Å². The molecule has 0 aliphatic rings. The molecule has 0 fully saturated rings. The van der Waals surface area contributed by atoms with E-state index in [9.17, 15) is 0 Å². The van der Waals surface area contributed by atoms with Gasteiger partial charge in [0, 0.05) is 13.1 Å². The van der Waals surface area contributed by atoms with E-state index in [1.807, 2.05) is 0 Å². The van der Waals surface area contributed by atoms with Gasteiger partial charge in [-0.1, -0.05) is 27.2 Å². The van der Waals surface area contributed by atoms with Gasteiger partial charge in [0.1, 0.15) is 0 Å². The summed E-state index contributed by atoms with van der Waals surface area (Å²) >= 11 is 0. The fraction of sp³-hybridized carbons (Fsp3) is 1.00. The molecule has 0 aromatic carbocycles. The molecular formula is C15H35N3. The summed E-state index contributed by atoms with van der Waals surface area (Å²) in [6.45, 7) is 12.9. The van der Waals surface area contributed by atoms with E-state index in [-0.39, 0.29) is 0 Å². The topological polar surface area (TPSA) is 18.5 Å². The Balaban J connectivity index is 4.19. The summed E-state index contributed by atoms with van der Waals surface area (Å²) in [6.07, 6.45) is 3.84. The third-order valence-electron chi connectivity index (χ3n) is 3.59. The number of hydrogen-bond donors (Lipinski definition) is 1. The summed E-state index contributed by atoms with van der Waals surface area (Å²) in [5, 5.41) is 3.36. The first kappa shape index (κ1) is 17.9. The van der Waals surface area contributed by atoms with Gasteiger partial charge >= 0.3 is 0 Å². The lowest BCUT2D eigenvalue weighted by Crippen LogP contribution is -2.42. The first-order valence-electron chi connectivity index (χ1n) is 7.49. The van der Waals surface area contributed by atoms with E-state index in [1.54, 1.807) is 0 Å². The van der Waals surface area contributed by atoms with E-state index in [0.29, 0.717) is 5.41 Å². The summed E-state index contributed by atoms with van der Waals surface area (Å²) in [6, 6.07) is 0. The predicted octanol–water partition coefficient (Wildman–Crippen LogP) is 2.29. The van der Waals surface area contributed by atoms with Crippen LogP contribution < -0.4 is 5.32 Å². The van der Waals surface area contributed by atoms with Crippen molar-refractivity contribution in [2.45, 2.75) is 40.0 Å². The molecular weight excluding hydrogens is 222 g/mol. The van der Waals surface area contributed by atoms with Crippen molar-refractivity contribution < 1.29 is 0 Å². The second-order valence-electron chi connectivity index (χ2n) is 6.12. The average molecular weight is 257 g/mol. The van der Waals surface area contributed by atoms with Gasteiger partial charge in [-0.05, 0) is 59.0 Å². The van der Waals surface area contributed by atoms with Crippen molar-refractivity contribution >= 4 is 0 Å². The molecule has 110 valence electrons. The molecule has 0 bridgehead atoms. The van der Waals surface area contributed by atoms with Gasteiger partial charge in [-0.3, -0.25) is 0 Å². The Morgan fingerprint density at radius 3 is 2.22 bits per heavy atom. The van der Waals surface area contributed by atoms with E-state index in [2.05, 4.69) is 57.0 Å². The second-order valence-corrected chi connectivity index (χ2v) is 6.12. The summed E-state index contributed by atoms with van der Waals surface area (Å²) in [7, 11) is 6.37. The lowest BCUT2D eigenvalue weighted by atomic mass is 9.84. The van der Waals surface area contributed by atoms with Crippen LogP contribution >= 0.6 is 0 Å². The lowest BCUT2D eigenvalue weighted by molar-refractivity contribution is 0.152. The number of nitrogens with one attached hydrogen (secondary N) is 1. The van der Waals surface area contributed by atoms with Crippen LogP contribution in [0, 0.1) is 5.41 Å². The molecule has 0 amide bonds. The molecule has 0 rings (SSSR count). The predicted molar refractivity (Wildman–Crippen MR) is 82.2 cm³/mol. The van der Waals surface area contributed by atoms with E-state index >= 15 is 0 Å². The Morgan fingerprint density at radius 1 is 1.11 bits per heavy atom. The number of rotatable bonds is 11. The minimum atomic E-state index is 0.414. The van der Waals surface area contributed by atoms with E-state index < -0.39 is 0 Å². The Bertz CT molecular complexity index is 186. The SMILES string of the molecule is CCCC(C)(CNC)CN(CC)CCCN(C)C. The molecule has 0 heterocycles. The van der Waals surface area contributed by atoms with Crippen LogP contribution in [-0.4, -0.2) is 63.7 Å². The fourth-order valence-corrected chi connectivity index (χ4v) is 2.75. The van der Waals surface area contributed by atoms with Crippen LogP contribution in [0.1, 0.15) is 40.0 Å². The molecule has 1 atom stereocenters. The van der Waals surface area contributed by atoms with Crippen LogP contribution in [0.15, 0.2) is 0 Å². The molecule has 0 saturated heterocycles.